The van der Waals surface area contributed by atoms with Gasteiger partial charge in [-0.3, -0.25) is 4.79 Å². The minimum absolute atomic E-state index is 0. The van der Waals surface area contributed by atoms with Crippen molar-refractivity contribution in [3.63, 3.8) is 0 Å². The smallest absolute Gasteiger partial charge is 0.227 e. The molecule has 1 fully saturated rings. The number of aliphatic hydroxyl groups is 1. The van der Waals surface area contributed by atoms with Crippen molar-refractivity contribution in [2.45, 2.75) is 43.6 Å². The molecule has 3 heteroatoms. The lowest BCUT2D eigenvalue weighted by atomic mass is 9.96. The van der Waals surface area contributed by atoms with Gasteiger partial charge < -0.3 is 10.4 Å². The molecule has 0 bridgehead atoms. The number of rotatable bonds is 3. The predicted molar refractivity (Wildman–Crippen MR) is 98.1 cm³/mol. The highest BCUT2D eigenvalue weighted by molar-refractivity contribution is 5.84. The summed E-state index contributed by atoms with van der Waals surface area (Å²) in [5.74, 6) is 0.0629. The average molecular weight is 325 g/mol. The van der Waals surface area contributed by atoms with Crippen molar-refractivity contribution in [2.75, 3.05) is 7.11 Å². The van der Waals surface area contributed by atoms with E-state index in [0.717, 1.165) is 25.5 Å². The number of benzene rings is 2. The second-order valence-corrected chi connectivity index (χ2v) is 6.71. The summed E-state index contributed by atoms with van der Waals surface area (Å²) in [5.41, 5.74) is 4.24. The monoisotopic (exact) mass is 325 g/mol. The molecule has 1 amide bonds. The van der Waals surface area contributed by atoms with Crippen LogP contribution in [-0.2, 0) is 16.6 Å². The molecule has 128 valence electrons. The Balaban J connectivity index is 0.000000726. The van der Waals surface area contributed by atoms with Gasteiger partial charge >= 0.3 is 0 Å². The van der Waals surface area contributed by atoms with Crippen molar-refractivity contribution < 1.29 is 11.3 Å². The SMILES string of the molecule is CO.C[C@@H](C(=O)N[C@@H]1C[C@]12CCc1ccccc12)c1ccccc1.[HH]. The van der Waals surface area contributed by atoms with E-state index in [-0.39, 0.29) is 18.7 Å². The Hall–Kier alpha value is -2.13. The van der Waals surface area contributed by atoms with Crippen LogP contribution in [0.5, 0.6) is 0 Å². The molecule has 0 unspecified atom stereocenters. The second-order valence-electron chi connectivity index (χ2n) is 6.71. The normalized spacial score (nSPS) is 24.5. The number of hydrogen-bond donors (Lipinski definition) is 2. The Bertz CT molecular complexity index is 719. The van der Waals surface area contributed by atoms with Crippen LogP contribution in [0.1, 0.15) is 43.8 Å². The third kappa shape index (κ3) is 2.84. The molecular weight excluding hydrogens is 298 g/mol. The van der Waals surface area contributed by atoms with E-state index in [1.54, 1.807) is 0 Å². The number of aliphatic hydroxyl groups excluding tert-OH is 1. The van der Waals surface area contributed by atoms with Gasteiger partial charge in [-0.2, -0.15) is 0 Å². The standard InChI is InChI=1S/C20H21NO.CH4O.H2/c1-14(15-7-3-2-4-8-15)19(22)21-18-13-20(18)12-11-16-9-5-6-10-17(16)20;1-2;/h2-10,14,18H,11-13H2,1H3,(H,21,22);2H,1H3;1H/t14-,18-,20+;;/m1../s1. The predicted octanol–water partition coefficient (Wildman–Crippen LogP) is 3.42. The fourth-order valence-corrected chi connectivity index (χ4v) is 3.97. The van der Waals surface area contributed by atoms with Crippen molar-refractivity contribution in [2.24, 2.45) is 0 Å². The molecule has 1 spiro atoms. The van der Waals surface area contributed by atoms with E-state index in [0.29, 0.717) is 6.04 Å². The maximum atomic E-state index is 12.5. The zero-order valence-electron chi connectivity index (χ0n) is 14.3. The third-order valence-electron chi connectivity index (χ3n) is 5.48. The summed E-state index contributed by atoms with van der Waals surface area (Å²) in [7, 11) is 1.00. The maximum absolute atomic E-state index is 12.5. The first-order valence-corrected chi connectivity index (χ1v) is 8.59. The highest BCUT2D eigenvalue weighted by Crippen LogP contribution is 2.56. The first-order chi connectivity index (χ1) is 11.7. The quantitative estimate of drug-likeness (QED) is 0.908. The van der Waals surface area contributed by atoms with Gasteiger partial charge in [-0.1, -0.05) is 54.6 Å². The summed E-state index contributed by atoms with van der Waals surface area (Å²) in [6, 6.07) is 19.0. The Morgan fingerprint density at radius 2 is 1.83 bits per heavy atom. The fraction of sp³-hybridized carbons (Fsp3) is 0.381. The number of hydrogen-bond acceptors (Lipinski definition) is 2. The Morgan fingerprint density at radius 3 is 2.58 bits per heavy atom. The molecule has 0 aromatic heterocycles. The van der Waals surface area contributed by atoms with Crippen LogP contribution < -0.4 is 5.32 Å². The first kappa shape index (κ1) is 16.7. The topological polar surface area (TPSA) is 49.3 Å². The van der Waals surface area contributed by atoms with Gasteiger partial charge in [-0.05, 0) is 42.9 Å². The van der Waals surface area contributed by atoms with Gasteiger partial charge in [-0.25, -0.2) is 0 Å². The van der Waals surface area contributed by atoms with Crippen molar-refractivity contribution in [3.05, 3.63) is 71.3 Å². The van der Waals surface area contributed by atoms with Crippen molar-refractivity contribution in [1.82, 2.24) is 5.32 Å². The lowest BCUT2D eigenvalue weighted by molar-refractivity contribution is -0.122. The molecule has 2 aliphatic rings. The molecule has 1 saturated carbocycles. The minimum atomic E-state index is -0.0875. The van der Waals surface area contributed by atoms with E-state index in [2.05, 4.69) is 29.6 Å². The summed E-state index contributed by atoms with van der Waals surface area (Å²) in [4.78, 5) is 12.5. The second kappa shape index (κ2) is 6.78. The Labute approximate surface area is 145 Å². The molecule has 0 aliphatic heterocycles. The van der Waals surface area contributed by atoms with Crippen LogP contribution in [0.4, 0.5) is 0 Å². The molecule has 4 rings (SSSR count). The number of nitrogens with one attached hydrogen (secondary N) is 1. The molecular formula is C21H27NO2. The highest BCUT2D eigenvalue weighted by atomic mass is 16.2. The largest absolute Gasteiger partial charge is 0.400 e. The van der Waals surface area contributed by atoms with Gasteiger partial charge in [0.15, 0.2) is 0 Å². The lowest BCUT2D eigenvalue weighted by Crippen LogP contribution is -2.33. The van der Waals surface area contributed by atoms with Crippen LogP contribution in [0.3, 0.4) is 0 Å². The Morgan fingerprint density at radius 1 is 1.17 bits per heavy atom. The number of fused-ring (bicyclic) bond motifs is 2. The Kier molecular flexibility index (Phi) is 4.72. The van der Waals surface area contributed by atoms with E-state index >= 15 is 0 Å². The number of carbonyl (C=O) groups is 1. The van der Waals surface area contributed by atoms with E-state index < -0.39 is 0 Å². The molecule has 2 aliphatic carbocycles. The first-order valence-electron chi connectivity index (χ1n) is 8.59. The third-order valence-corrected chi connectivity index (χ3v) is 5.48. The van der Waals surface area contributed by atoms with E-state index in [1.165, 1.54) is 17.5 Å². The number of aryl methyl sites for hydroxylation is 1. The molecule has 0 saturated heterocycles. The van der Waals surface area contributed by atoms with Crippen LogP contribution in [-0.4, -0.2) is 24.2 Å². The molecule has 3 atom stereocenters. The van der Waals surface area contributed by atoms with Crippen molar-refractivity contribution >= 4 is 5.91 Å². The van der Waals surface area contributed by atoms with E-state index in [4.69, 9.17) is 5.11 Å². The summed E-state index contributed by atoms with van der Waals surface area (Å²) >= 11 is 0. The van der Waals surface area contributed by atoms with Gasteiger partial charge in [0.05, 0.1) is 5.92 Å². The van der Waals surface area contributed by atoms with E-state index in [1.807, 2.05) is 37.3 Å². The van der Waals surface area contributed by atoms with Crippen LogP contribution in [0.2, 0.25) is 0 Å². The van der Waals surface area contributed by atoms with Gasteiger partial charge in [0.1, 0.15) is 0 Å². The van der Waals surface area contributed by atoms with E-state index in [9.17, 15) is 4.79 Å². The molecule has 24 heavy (non-hydrogen) atoms. The van der Waals surface area contributed by atoms with Crippen LogP contribution in [0, 0.1) is 0 Å². The van der Waals surface area contributed by atoms with Gasteiger partial charge in [0, 0.05) is 20.0 Å². The van der Waals surface area contributed by atoms with Crippen LogP contribution >= 0.6 is 0 Å². The maximum Gasteiger partial charge on any atom is 0.227 e. The van der Waals surface area contributed by atoms with Gasteiger partial charge in [-0.15, -0.1) is 0 Å². The lowest BCUT2D eigenvalue weighted by Gasteiger charge is -2.16. The van der Waals surface area contributed by atoms with Gasteiger partial charge in [0.25, 0.3) is 0 Å². The molecule has 2 aromatic carbocycles. The molecule has 2 N–H and O–H groups in total. The van der Waals surface area contributed by atoms with Crippen molar-refractivity contribution in [3.8, 4) is 0 Å². The summed E-state index contributed by atoms with van der Waals surface area (Å²) in [6.45, 7) is 1.99. The molecule has 0 radical (unpaired) electrons. The highest BCUT2D eigenvalue weighted by Gasteiger charge is 2.58. The number of carbonyl (C=O) groups excluding carboxylic acids is 1. The van der Waals surface area contributed by atoms with Crippen LogP contribution in [0.15, 0.2) is 54.6 Å². The zero-order chi connectivity index (χ0) is 17.2. The summed E-state index contributed by atoms with van der Waals surface area (Å²) in [6.07, 6.45) is 3.42. The molecule has 2 aromatic rings. The number of amides is 1. The zero-order valence-corrected chi connectivity index (χ0v) is 14.3. The minimum Gasteiger partial charge on any atom is -0.400 e. The fourth-order valence-electron chi connectivity index (χ4n) is 3.97. The average Bonchev–Trinajstić information content (AvgIpc) is 3.21. The van der Waals surface area contributed by atoms with Crippen molar-refractivity contribution in [1.29, 1.82) is 0 Å². The molecule has 0 heterocycles. The summed E-state index contributed by atoms with van der Waals surface area (Å²) < 4.78 is 0. The molecule has 3 nitrogen and oxygen atoms in total. The van der Waals surface area contributed by atoms with Crippen LogP contribution in [0.25, 0.3) is 0 Å². The van der Waals surface area contributed by atoms with Gasteiger partial charge in [0.2, 0.25) is 5.91 Å². The summed E-state index contributed by atoms with van der Waals surface area (Å²) in [5, 5.41) is 10.3.